The topological polar surface area (TPSA) is 122 Å². The van der Waals surface area contributed by atoms with Crippen molar-refractivity contribution in [2.75, 3.05) is 23.5 Å². The van der Waals surface area contributed by atoms with Crippen LogP contribution in [0, 0.1) is 17.2 Å². The molecular formula is C17H21N7O. The van der Waals surface area contributed by atoms with Crippen molar-refractivity contribution in [2.45, 2.75) is 31.7 Å². The molecule has 3 rings (SSSR count). The highest BCUT2D eigenvalue weighted by molar-refractivity contribution is 5.65. The summed E-state index contributed by atoms with van der Waals surface area (Å²) in [6, 6.07) is 6.05. The number of nitrogens with zero attached hydrogens (tertiary/aromatic N) is 4. The number of nitrogen functional groups attached to an aromatic ring is 1. The maximum Gasteiger partial charge on any atom is 0.237 e. The Bertz CT molecular complexity index is 774. The van der Waals surface area contributed by atoms with Gasteiger partial charge in [-0.15, -0.1) is 0 Å². The smallest absolute Gasteiger partial charge is 0.237 e. The molecule has 0 amide bonds. The number of rotatable bonds is 5. The number of aromatic nitrogens is 3. The Hall–Kier alpha value is -3.08. The maximum absolute atomic E-state index is 9.33. The van der Waals surface area contributed by atoms with E-state index in [4.69, 9.17) is 10.5 Å². The largest absolute Gasteiger partial charge is 0.480 e. The third kappa shape index (κ3) is 3.88. The van der Waals surface area contributed by atoms with Gasteiger partial charge < -0.3 is 21.1 Å². The highest BCUT2D eigenvalue weighted by Gasteiger charge is 2.25. The van der Waals surface area contributed by atoms with E-state index in [-0.39, 0.29) is 12.0 Å². The summed E-state index contributed by atoms with van der Waals surface area (Å²) >= 11 is 0. The fourth-order valence-electron chi connectivity index (χ4n) is 2.97. The first kappa shape index (κ1) is 16.8. The molecule has 2 aromatic rings. The predicted octanol–water partition coefficient (Wildman–Crippen LogP) is 2.70. The summed E-state index contributed by atoms with van der Waals surface area (Å²) in [6.07, 6.45) is 7.21. The Morgan fingerprint density at radius 1 is 1.32 bits per heavy atom. The Morgan fingerprint density at radius 2 is 2.16 bits per heavy atom. The first-order valence-electron chi connectivity index (χ1n) is 8.26. The minimum absolute atomic E-state index is 0.0297. The summed E-state index contributed by atoms with van der Waals surface area (Å²) in [4.78, 5) is 12.8. The van der Waals surface area contributed by atoms with Crippen molar-refractivity contribution < 1.29 is 4.74 Å². The Labute approximate surface area is 146 Å². The lowest BCUT2D eigenvalue weighted by Crippen LogP contribution is -2.32. The van der Waals surface area contributed by atoms with Crippen LogP contribution in [0.1, 0.15) is 25.7 Å². The molecule has 25 heavy (non-hydrogen) atoms. The summed E-state index contributed by atoms with van der Waals surface area (Å²) in [6.45, 7) is 0. The number of nitrogens with two attached hydrogens (primary N) is 1. The average Bonchev–Trinajstić information content (AvgIpc) is 2.65. The van der Waals surface area contributed by atoms with Crippen LogP contribution < -0.4 is 21.1 Å². The molecule has 8 heteroatoms. The van der Waals surface area contributed by atoms with E-state index < -0.39 is 0 Å². The maximum atomic E-state index is 9.33. The van der Waals surface area contributed by atoms with Gasteiger partial charge in [-0.2, -0.15) is 10.2 Å². The number of hydrogen-bond acceptors (Lipinski definition) is 8. The molecule has 0 spiro atoms. The molecule has 1 saturated carbocycles. The van der Waals surface area contributed by atoms with E-state index >= 15 is 0 Å². The van der Waals surface area contributed by atoms with E-state index in [0.29, 0.717) is 29.0 Å². The molecule has 8 nitrogen and oxygen atoms in total. The van der Waals surface area contributed by atoms with Gasteiger partial charge in [0.1, 0.15) is 5.69 Å². The molecule has 4 N–H and O–H groups in total. The van der Waals surface area contributed by atoms with Gasteiger partial charge in [0.05, 0.1) is 31.0 Å². The summed E-state index contributed by atoms with van der Waals surface area (Å²) in [7, 11) is 1.55. The number of nitrogens with one attached hydrogen (secondary N) is 2. The molecule has 130 valence electrons. The van der Waals surface area contributed by atoms with Crippen molar-refractivity contribution in [1.29, 1.82) is 5.26 Å². The van der Waals surface area contributed by atoms with Crippen molar-refractivity contribution in [2.24, 2.45) is 5.92 Å². The Morgan fingerprint density at radius 3 is 2.96 bits per heavy atom. The first-order valence-corrected chi connectivity index (χ1v) is 8.26. The zero-order valence-electron chi connectivity index (χ0n) is 14.1. The van der Waals surface area contributed by atoms with Crippen LogP contribution in [0.15, 0.2) is 24.5 Å². The van der Waals surface area contributed by atoms with Crippen molar-refractivity contribution in [3.05, 3.63) is 24.5 Å². The van der Waals surface area contributed by atoms with Gasteiger partial charge in [0.15, 0.2) is 5.82 Å². The molecule has 2 atom stereocenters. The van der Waals surface area contributed by atoms with Gasteiger partial charge >= 0.3 is 0 Å². The van der Waals surface area contributed by atoms with Crippen LogP contribution in [0.25, 0.3) is 0 Å². The molecule has 1 fully saturated rings. The third-order valence-electron chi connectivity index (χ3n) is 4.28. The van der Waals surface area contributed by atoms with Crippen molar-refractivity contribution in [3.63, 3.8) is 0 Å². The second-order valence-corrected chi connectivity index (χ2v) is 5.95. The molecule has 0 saturated heterocycles. The van der Waals surface area contributed by atoms with Gasteiger partial charge in [-0.1, -0.05) is 12.8 Å². The molecule has 0 unspecified atom stereocenters. The van der Waals surface area contributed by atoms with Crippen LogP contribution in [0.2, 0.25) is 0 Å². The van der Waals surface area contributed by atoms with Gasteiger partial charge in [0.25, 0.3) is 0 Å². The van der Waals surface area contributed by atoms with Crippen LogP contribution in [0.5, 0.6) is 5.88 Å². The number of anilines is 4. The van der Waals surface area contributed by atoms with Crippen LogP contribution in [-0.2, 0) is 0 Å². The van der Waals surface area contributed by atoms with Crippen LogP contribution >= 0.6 is 0 Å². The highest BCUT2D eigenvalue weighted by atomic mass is 16.5. The molecule has 1 aliphatic carbocycles. The van der Waals surface area contributed by atoms with Gasteiger partial charge in [0.2, 0.25) is 11.8 Å². The molecule has 2 heterocycles. The highest BCUT2D eigenvalue weighted by Crippen LogP contribution is 2.29. The second kappa shape index (κ2) is 7.66. The van der Waals surface area contributed by atoms with Gasteiger partial charge in [-0.3, -0.25) is 0 Å². The van der Waals surface area contributed by atoms with E-state index in [1.54, 1.807) is 25.6 Å². The number of ether oxygens (including phenoxy) is 1. The predicted molar refractivity (Wildman–Crippen MR) is 95.5 cm³/mol. The van der Waals surface area contributed by atoms with E-state index in [2.05, 4.69) is 31.7 Å². The van der Waals surface area contributed by atoms with Gasteiger partial charge in [0, 0.05) is 12.2 Å². The van der Waals surface area contributed by atoms with Crippen molar-refractivity contribution >= 4 is 23.1 Å². The summed E-state index contributed by atoms with van der Waals surface area (Å²) in [5, 5.41) is 15.7. The fourth-order valence-corrected chi connectivity index (χ4v) is 2.97. The minimum Gasteiger partial charge on any atom is -0.480 e. The quantitative estimate of drug-likeness (QED) is 0.760. The monoisotopic (exact) mass is 339 g/mol. The molecule has 0 aromatic carbocycles. The minimum atomic E-state index is -0.0297. The van der Waals surface area contributed by atoms with Crippen LogP contribution in [-0.4, -0.2) is 28.1 Å². The van der Waals surface area contributed by atoms with Gasteiger partial charge in [-0.05, 0) is 25.0 Å². The molecular weight excluding hydrogens is 318 g/mol. The lowest BCUT2D eigenvalue weighted by atomic mass is 9.85. The molecule has 0 aliphatic heterocycles. The van der Waals surface area contributed by atoms with Crippen LogP contribution in [0.4, 0.5) is 23.1 Å². The van der Waals surface area contributed by atoms with E-state index in [1.165, 1.54) is 0 Å². The SMILES string of the molecule is COc1ncccc1Nc1ncc(N)c(N[C@H]2CCCC[C@@H]2C#N)n1. The zero-order chi connectivity index (χ0) is 17.6. The number of hydrogen-bond donors (Lipinski definition) is 3. The average molecular weight is 339 g/mol. The Balaban J connectivity index is 1.79. The number of pyridine rings is 1. The third-order valence-corrected chi connectivity index (χ3v) is 4.28. The first-order chi connectivity index (χ1) is 12.2. The molecule has 1 aliphatic rings. The molecule has 0 bridgehead atoms. The fraction of sp³-hybridized carbons (Fsp3) is 0.412. The van der Waals surface area contributed by atoms with Crippen LogP contribution in [0.3, 0.4) is 0 Å². The second-order valence-electron chi connectivity index (χ2n) is 5.95. The lowest BCUT2D eigenvalue weighted by Gasteiger charge is -2.28. The summed E-state index contributed by atoms with van der Waals surface area (Å²) in [5.41, 5.74) is 7.12. The van der Waals surface area contributed by atoms with E-state index in [0.717, 1.165) is 25.7 Å². The van der Waals surface area contributed by atoms with Gasteiger partial charge in [-0.25, -0.2) is 9.97 Å². The lowest BCUT2D eigenvalue weighted by molar-refractivity contribution is 0.388. The number of nitriles is 1. The standard InChI is InChI=1S/C17H21N7O/c1-25-16-14(7-4-8-20-16)23-17-21-10-12(19)15(24-17)22-13-6-3-2-5-11(13)9-18/h4,7-8,10-11,13H,2-3,5-6,19H2,1H3,(H2,21,22,23,24)/t11-,13+/m1/s1. The number of methoxy groups -OCH3 is 1. The molecule has 0 radical (unpaired) electrons. The van der Waals surface area contributed by atoms with Crippen molar-refractivity contribution in [3.8, 4) is 11.9 Å². The summed E-state index contributed by atoms with van der Waals surface area (Å²) < 4.78 is 5.22. The zero-order valence-corrected chi connectivity index (χ0v) is 14.1. The normalized spacial score (nSPS) is 19.7. The van der Waals surface area contributed by atoms with E-state index in [1.807, 2.05) is 6.07 Å². The van der Waals surface area contributed by atoms with E-state index in [9.17, 15) is 5.26 Å². The van der Waals surface area contributed by atoms with Crippen molar-refractivity contribution in [1.82, 2.24) is 15.0 Å². The summed E-state index contributed by atoms with van der Waals surface area (Å²) in [5.74, 6) is 1.34. The molecule has 2 aromatic heterocycles. The Kier molecular flexibility index (Phi) is 5.14.